The molecule has 5 N–H and O–H groups in total. The van der Waals surface area contributed by atoms with Gasteiger partial charge in [0.2, 0.25) is 35.4 Å². The van der Waals surface area contributed by atoms with Gasteiger partial charge >= 0.3 is 0 Å². The van der Waals surface area contributed by atoms with E-state index in [1.807, 2.05) is 6.07 Å². The number of benzene rings is 2. The smallest absolute Gasteiger partial charge is 0.293 e. The molecule has 2 aromatic carbocycles. The lowest BCUT2D eigenvalue weighted by molar-refractivity contribution is -0.140. The van der Waals surface area contributed by atoms with Gasteiger partial charge in [-0.1, -0.05) is 49.4 Å². The number of hydrogen-bond donors (Lipinski definition) is 5. The summed E-state index contributed by atoms with van der Waals surface area (Å²) in [6.45, 7) is 0.957. The summed E-state index contributed by atoms with van der Waals surface area (Å²) in [6.07, 6.45) is 0.264. The molecule has 3 rings (SSSR count). The quantitative estimate of drug-likeness (QED) is 0.122. The SMILES string of the molecule is CC1CC(=O)N(CNCC(=O)NCC(=O)N[C@@H](Cc2ccccc2)C(=O)NCC(=O)Nc2ccc(COC=O)cc2)C1=O. The van der Waals surface area contributed by atoms with Crippen LogP contribution in [0.1, 0.15) is 24.5 Å². The van der Waals surface area contributed by atoms with Crippen LogP contribution in [0.2, 0.25) is 0 Å². The van der Waals surface area contributed by atoms with Crippen LogP contribution < -0.4 is 26.6 Å². The van der Waals surface area contributed by atoms with Crippen LogP contribution in [0.3, 0.4) is 0 Å². The molecule has 0 bridgehead atoms. The largest absolute Gasteiger partial charge is 0.463 e. The summed E-state index contributed by atoms with van der Waals surface area (Å²) < 4.78 is 4.68. The van der Waals surface area contributed by atoms with Gasteiger partial charge in [-0.15, -0.1) is 0 Å². The zero-order valence-electron chi connectivity index (χ0n) is 23.6. The molecule has 2 aromatic rings. The van der Waals surface area contributed by atoms with E-state index in [4.69, 9.17) is 0 Å². The van der Waals surface area contributed by atoms with E-state index in [2.05, 4.69) is 31.3 Å². The number of carbonyl (C=O) groups excluding carboxylic acids is 7. The van der Waals surface area contributed by atoms with Crippen LogP contribution in [0, 0.1) is 5.92 Å². The second-order valence-electron chi connectivity index (χ2n) is 9.81. The van der Waals surface area contributed by atoms with Crippen molar-refractivity contribution >= 4 is 47.6 Å². The second-order valence-corrected chi connectivity index (χ2v) is 9.81. The summed E-state index contributed by atoms with van der Waals surface area (Å²) in [5.74, 6) is -3.30. The highest BCUT2D eigenvalue weighted by Gasteiger charge is 2.35. The van der Waals surface area contributed by atoms with E-state index < -0.39 is 42.1 Å². The molecule has 14 nitrogen and oxygen atoms in total. The Balaban J connectivity index is 1.46. The van der Waals surface area contributed by atoms with Crippen molar-refractivity contribution < 1.29 is 38.3 Å². The van der Waals surface area contributed by atoms with Crippen LogP contribution >= 0.6 is 0 Å². The molecule has 1 fully saturated rings. The van der Waals surface area contributed by atoms with Gasteiger partial charge in [-0.2, -0.15) is 0 Å². The number of imide groups is 1. The van der Waals surface area contributed by atoms with Gasteiger partial charge < -0.3 is 26.0 Å². The molecule has 1 saturated heterocycles. The fourth-order valence-corrected chi connectivity index (χ4v) is 4.15. The van der Waals surface area contributed by atoms with Crippen molar-refractivity contribution in [1.29, 1.82) is 0 Å². The summed E-state index contributed by atoms with van der Waals surface area (Å²) in [4.78, 5) is 85.2. The highest BCUT2D eigenvalue weighted by atomic mass is 16.5. The predicted molar refractivity (Wildman–Crippen MR) is 153 cm³/mol. The van der Waals surface area contributed by atoms with Crippen LogP contribution in [0.5, 0.6) is 0 Å². The van der Waals surface area contributed by atoms with E-state index in [1.165, 1.54) is 0 Å². The number of likely N-dealkylation sites (tertiary alicyclic amines) is 1. The third-order valence-corrected chi connectivity index (χ3v) is 6.38. The fraction of sp³-hybridized carbons (Fsp3) is 0.345. The van der Waals surface area contributed by atoms with Crippen LogP contribution in [0.25, 0.3) is 0 Å². The molecule has 0 spiro atoms. The van der Waals surface area contributed by atoms with E-state index in [0.717, 1.165) is 16.0 Å². The maximum absolute atomic E-state index is 13.0. The number of rotatable bonds is 16. The maximum Gasteiger partial charge on any atom is 0.293 e. The molecule has 1 unspecified atom stereocenters. The average molecular weight is 595 g/mol. The monoisotopic (exact) mass is 594 g/mol. The number of ether oxygens (including phenoxy) is 1. The lowest BCUT2D eigenvalue weighted by Gasteiger charge is -2.19. The molecule has 228 valence electrons. The predicted octanol–water partition coefficient (Wildman–Crippen LogP) is -0.800. The van der Waals surface area contributed by atoms with Crippen molar-refractivity contribution in [3.63, 3.8) is 0 Å². The zero-order valence-corrected chi connectivity index (χ0v) is 23.6. The molecule has 2 atom stereocenters. The molecule has 1 aliphatic heterocycles. The van der Waals surface area contributed by atoms with Crippen molar-refractivity contribution in [2.45, 2.75) is 32.4 Å². The molecule has 0 aliphatic carbocycles. The minimum atomic E-state index is -1.04. The van der Waals surface area contributed by atoms with Crippen LogP contribution in [0.4, 0.5) is 5.69 Å². The third kappa shape index (κ3) is 10.7. The standard InChI is InChI=1S/C29H34N6O8/c1-19-11-27(40)35(29(19)42)17-30-13-24(37)31-14-26(39)34-23(12-20-5-3-2-4-6-20)28(41)32-15-25(38)33-22-9-7-21(8-10-22)16-43-18-36/h2-10,18-19,23,30H,11-17H2,1H3,(H,31,37)(H,32,41)(H,33,38)(H,34,39)/t19?,23-/m0/s1. The Labute approximate surface area is 247 Å². The molecule has 14 heteroatoms. The summed E-state index contributed by atoms with van der Waals surface area (Å²) in [5, 5.41) is 12.9. The molecule has 0 radical (unpaired) electrons. The number of anilines is 1. The number of carbonyl (C=O) groups is 7. The van der Waals surface area contributed by atoms with Gasteiger partial charge in [-0.05, 0) is 23.3 Å². The Kier molecular flexibility index (Phi) is 12.3. The highest BCUT2D eigenvalue weighted by Crippen LogP contribution is 2.17. The van der Waals surface area contributed by atoms with Crippen molar-refractivity contribution in [2.24, 2.45) is 5.92 Å². The van der Waals surface area contributed by atoms with E-state index in [0.29, 0.717) is 12.2 Å². The van der Waals surface area contributed by atoms with Gasteiger partial charge in [0.1, 0.15) is 12.6 Å². The van der Waals surface area contributed by atoms with E-state index in [9.17, 15) is 33.6 Å². The summed E-state index contributed by atoms with van der Waals surface area (Å²) in [7, 11) is 0. The van der Waals surface area contributed by atoms with E-state index in [-0.39, 0.29) is 51.0 Å². The van der Waals surface area contributed by atoms with Crippen LogP contribution in [0.15, 0.2) is 54.6 Å². The van der Waals surface area contributed by atoms with Gasteiger partial charge in [0, 0.05) is 24.4 Å². The number of nitrogens with zero attached hydrogens (tertiary/aromatic N) is 1. The number of amides is 6. The minimum absolute atomic E-state index is 0.103. The Morgan fingerprint density at radius 1 is 0.907 bits per heavy atom. The second kappa shape index (κ2) is 16.4. The van der Waals surface area contributed by atoms with Crippen molar-refractivity contribution in [3.8, 4) is 0 Å². The van der Waals surface area contributed by atoms with Crippen molar-refractivity contribution in [2.75, 3.05) is 31.6 Å². The van der Waals surface area contributed by atoms with Crippen LogP contribution in [-0.4, -0.2) is 79.2 Å². The van der Waals surface area contributed by atoms with Crippen LogP contribution in [-0.2, 0) is 51.3 Å². The minimum Gasteiger partial charge on any atom is -0.463 e. The molecule has 6 amide bonds. The lowest BCUT2D eigenvalue weighted by Crippen LogP contribution is -2.52. The zero-order chi connectivity index (χ0) is 31.2. The van der Waals surface area contributed by atoms with E-state index in [1.54, 1.807) is 55.5 Å². The molecule has 1 aliphatic rings. The Hall–Kier alpha value is -5.11. The highest BCUT2D eigenvalue weighted by molar-refractivity contribution is 6.03. The van der Waals surface area contributed by atoms with Gasteiger partial charge in [-0.3, -0.25) is 43.8 Å². The summed E-state index contributed by atoms with van der Waals surface area (Å²) in [6, 6.07) is 14.5. The van der Waals surface area contributed by atoms with Gasteiger partial charge in [0.05, 0.1) is 26.3 Å². The fourth-order valence-electron chi connectivity index (χ4n) is 4.15. The Bertz CT molecular complexity index is 1320. The first kappa shape index (κ1) is 32.4. The Morgan fingerprint density at radius 2 is 1.60 bits per heavy atom. The molecule has 43 heavy (non-hydrogen) atoms. The first-order valence-electron chi connectivity index (χ1n) is 13.5. The van der Waals surface area contributed by atoms with Gasteiger partial charge in [0.15, 0.2) is 0 Å². The number of hydrogen-bond acceptors (Lipinski definition) is 9. The molecular formula is C29H34N6O8. The third-order valence-electron chi connectivity index (χ3n) is 6.38. The number of nitrogens with one attached hydrogen (secondary N) is 5. The normalized spacial score (nSPS) is 14.9. The molecule has 1 heterocycles. The molecular weight excluding hydrogens is 560 g/mol. The molecule has 0 aromatic heterocycles. The maximum atomic E-state index is 13.0. The average Bonchev–Trinajstić information content (AvgIpc) is 3.24. The lowest BCUT2D eigenvalue weighted by atomic mass is 10.1. The van der Waals surface area contributed by atoms with Crippen molar-refractivity contribution in [1.82, 2.24) is 26.2 Å². The van der Waals surface area contributed by atoms with E-state index >= 15 is 0 Å². The first-order valence-corrected chi connectivity index (χ1v) is 13.5. The van der Waals surface area contributed by atoms with Gasteiger partial charge in [0.25, 0.3) is 6.47 Å². The summed E-state index contributed by atoms with van der Waals surface area (Å²) in [5.41, 5.74) is 1.97. The molecule has 0 saturated carbocycles. The Morgan fingerprint density at radius 3 is 2.26 bits per heavy atom. The first-order chi connectivity index (χ1) is 20.7. The van der Waals surface area contributed by atoms with Gasteiger partial charge in [-0.25, -0.2) is 0 Å². The van der Waals surface area contributed by atoms with Crippen molar-refractivity contribution in [3.05, 3.63) is 65.7 Å². The topological polar surface area (TPSA) is 192 Å². The summed E-state index contributed by atoms with van der Waals surface area (Å²) >= 11 is 0.